The van der Waals surface area contributed by atoms with Gasteiger partial charge in [0, 0.05) is 0 Å². The molecule has 3 N–H and O–H groups in total. The Morgan fingerprint density at radius 3 is 1.97 bits per heavy atom. The molecule has 1 aromatic rings. The Morgan fingerprint density at radius 1 is 1.03 bits per heavy atom. The van der Waals surface area contributed by atoms with E-state index in [1.807, 2.05) is 19.2 Å². The van der Waals surface area contributed by atoms with Crippen molar-refractivity contribution < 1.29 is 28.7 Å². The van der Waals surface area contributed by atoms with Gasteiger partial charge in [-0.3, -0.25) is 24.6 Å². The summed E-state index contributed by atoms with van der Waals surface area (Å²) in [7, 11) is 0. The van der Waals surface area contributed by atoms with Gasteiger partial charge in [-0.2, -0.15) is 0 Å². The summed E-state index contributed by atoms with van der Waals surface area (Å²) in [6, 6.07) is 4.02. The zero-order valence-corrected chi connectivity index (χ0v) is 16.8. The van der Waals surface area contributed by atoms with Crippen molar-refractivity contribution >= 4 is 29.7 Å². The maximum Gasteiger partial charge on any atom is 0.330 e. The van der Waals surface area contributed by atoms with Crippen molar-refractivity contribution in [3.05, 3.63) is 35.4 Å². The number of ether oxygens (including phenoxy) is 1. The molecule has 0 aromatic heterocycles. The molecule has 2 rings (SSSR count). The van der Waals surface area contributed by atoms with Crippen LogP contribution in [0.25, 0.3) is 0 Å². The Kier molecular flexibility index (Phi) is 6.73. The van der Waals surface area contributed by atoms with Gasteiger partial charge in [0.25, 0.3) is 17.7 Å². The average molecular weight is 403 g/mol. The molecule has 0 radical (unpaired) electrons. The van der Waals surface area contributed by atoms with Crippen LogP contribution in [0.4, 0.5) is 4.79 Å². The first-order valence-corrected chi connectivity index (χ1v) is 9.32. The number of fused-ring (bicyclic) bond motifs is 1. The van der Waals surface area contributed by atoms with Gasteiger partial charge in [0.05, 0.1) is 11.1 Å². The Labute approximate surface area is 168 Å². The number of rotatable bonds is 7. The number of carbonyl (C=O) groups is 5. The minimum absolute atomic E-state index is 0.0474. The number of primary amides is 1. The minimum atomic E-state index is -1.31. The number of urea groups is 1. The van der Waals surface area contributed by atoms with Crippen LogP contribution < -0.4 is 11.1 Å². The number of hydrogen-bond donors (Lipinski definition) is 2. The van der Waals surface area contributed by atoms with E-state index in [0.29, 0.717) is 0 Å². The molecule has 0 spiro atoms. The zero-order chi connectivity index (χ0) is 21.9. The third-order valence-electron chi connectivity index (χ3n) is 4.46. The molecule has 156 valence electrons. The molecule has 9 nitrogen and oxygen atoms in total. The Balaban J connectivity index is 2.31. The van der Waals surface area contributed by atoms with Gasteiger partial charge < -0.3 is 10.5 Å². The van der Waals surface area contributed by atoms with Crippen LogP contribution in [0.1, 0.15) is 54.8 Å². The van der Waals surface area contributed by atoms with Gasteiger partial charge in [0.15, 0.2) is 6.10 Å². The molecule has 1 aliphatic heterocycles. The smallest absolute Gasteiger partial charge is 0.330 e. The van der Waals surface area contributed by atoms with Gasteiger partial charge >= 0.3 is 12.0 Å². The van der Waals surface area contributed by atoms with E-state index in [1.165, 1.54) is 12.1 Å². The molecule has 0 bridgehead atoms. The highest BCUT2D eigenvalue weighted by Gasteiger charge is 2.44. The van der Waals surface area contributed by atoms with Crippen LogP contribution in [0, 0.1) is 11.8 Å². The molecule has 1 aliphatic rings. The summed E-state index contributed by atoms with van der Waals surface area (Å²) in [4.78, 5) is 62.6. The van der Waals surface area contributed by atoms with Crippen LogP contribution in [0.2, 0.25) is 0 Å². The van der Waals surface area contributed by atoms with Crippen molar-refractivity contribution in [2.75, 3.05) is 0 Å². The predicted molar refractivity (Wildman–Crippen MR) is 103 cm³/mol. The monoisotopic (exact) mass is 403 g/mol. The SMILES string of the molecule is CC(C)C[C@H](C(=O)O[C@H](C(=O)NC(N)=O)C(C)C)N1C(=O)c2ccccc2C1=O. The second-order valence-electron chi connectivity index (χ2n) is 7.63. The van der Waals surface area contributed by atoms with E-state index in [2.05, 4.69) is 0 Å². The first-order valence-electron chi connectivity index (χ1n) is 9.32. The van der Waals surface area contributed by atoms with E-state index < -0.39 is 47.8 Å². The molecular formula is C20H25N3O6. The molecule has 0 fully saturated rings. The second-order valence-corrected chi connectivity index (χ2v) is 7.63. The molecule has 29 heavy (non-hydrogen) atoms. The summed E-state index contributed by atoms with van der Waals surface area (Å²) in [6.45, 7) is 6.91. The molecule has 0 unspecified atom stereocenters. The highest BCUT2D eigenvalue weighted by Crippen LogP contribution is 2.28. The summed E-state index contributed by atoms with van der Waals surface area (Å²) in [5, 5.41) is 1.89. The summed E-state index contributed by atoms with van der Waals surface area (Å²) in [5.41, 5.74) is 5.39. The third-order valence-corrected chi connectivity index (χ3v) is 4.46. The number of benzene rings is 1. The number of hydrogen-bond acceptors (Lipinski definition) is 6. The lowest BCUT2D eigenvalue weighted by Gasteiger charge is -2.28. The van der Waals surface area contributed by atoms with Crippen LogP contribution in [0.5, 0.6) is 0 Å². The van der Waals surface area contributed by atoms with Crippen molar-refractivity contribution in [3.8, 4) is 0 Å². The number of amides is 5. The summed E-state index contributed by atoms with van der Waals surface area (Å²) >= 11 is 0. The largest absolute Gasteiger partial charge is 0.450 e. The van der Waals surface area contributed by atoms with Crippen molar-refractivity contribution in [2.45, 2.75) is 46.3 Å². The van der Waals surface area contributed by atoms with Gasteiger partial charge in [-0.1, -0.05) is 39.8 Å². The highest BCUT2D eigenvalue weighted by molar-refractivity contribution is 6.22. The van der Waals surface area contributed by atoms with E-state index in [9.17, 15) is 24.0 Å². The van der Waals surface area contributed by atoms with Gasteiger partial charge in [0.1, 0.15) is 6.04 Å². The van der Waals surface area contributed by atoms with E-state index in [1.54, 1.807) is 26.0 Å². The molecule has 0 saturated carbocycles. The van der Waals surface area contributed by atoms with Crippen molar-refractivity contribution in [2.24, 2.45) is 17.6 Å². The van der Waals surface area contributed by atoms with Crippen LogP contribution in [0.15, 0.2) is 24.3 Å². The molecule has 1 aromatic carbocycles. The lowest BCUT2D eigenvalue weighted by atomic mass is 10.0. The predicted octanol–water partition coefficient (Wildman–Crippen LogP) is 1.46. The number of nitrogens with one attached hydrogen (secondary N) is 1. The van der Waals surface area contributed by atoms with Gasteiger partial charge in [-0.15, -0.1) is 0 Å². The molecule has 2 atom stereocenters. The van der Waals surface area contributed by atoms with Crippen molar-refractivity contribution in [1.29, 1.82) is 0 Å². The summed E-state index contributed by atoms with van der Waals surface area (Å²) in [6.07, 6.45) is -1.15. The Hall–Kier alpha value is -3.23. The lowest BCUT2D eigenvalue weighted by Crippen LogP contribution is -2.50. The fraction of sp³-hybridized carbons (Fsp3) is 0.450. The normalized spacial score (nSPS) is 15.3. The van der Waals surface area contributed by atoms with Crippen LogP contribution >= 0.6 is 0 Å². The van der Waals surface area contributed by atoms with Crippen LogP contribution in [-0.2, 0) is 14.3 Å². The number of imide groups is 2. The molecule has 5 amide bonds. The first-order chi connectivity index (χ1) is 13.5. The fourth-order valence-electron chi connectivity index (χ4n) is 3.13. The topological polar surface area (TPSA) is 136 Å². The van der Waals surface area contributed by atoms with Crippen LogP contribution in [-0.4, -0.2) is 46.8 Å². The Morgan fingerprint density at radius 2 is 1.55 bits per heavy atom. The minimum Gasteiger partial charge on any atom is -0.450 e. The Bertz CT molecular complexity index is 813. The number of nitrogens with zero attached hydrogens (tertiary/aromatic N) is 1. The molecular weight excluding hydrogens is 378 g/mol. The van der Waals surface area contributed by atoms with Gasteiger partial charge in [-0.25, -0.2) is 9.59 Å². The lowest BCUT2D eigenvalue weighted by molar-refractivity contribution is -0.162. The fourth-order valence-corrected chi connectivity index (χ4v) is 3.13. The van der Waals surface area contributed by atoms with Gasteiger partial charge in [-0.05, 0) is 30.4 Å². The summed E-state index contributed by atoms with van der Waals surface area (Å²) in [5.74, 6) is -3.46. The van der Waals surface area contributed by atoms with E-state index in [0.717, 1.165) is 4.90 Å². The second kappa shape index (κ2) is 8.85. The maximum atomic E-state index is 12.9. The quantitative estimate of drug-likeness (QED) is 0.522. The number of esters is 1. The first kappa shape index (κ1) is 22.1. The number of carbonyl (C=O) groups excluding carboxylic acids is 5. The number of nitrogens with two attached hydrogens (primary N) is 1. The molecule has 0 saturated heterocycles. The molecule has 0 aliphatic carbocycles. The standard InChI is InChI=1S/C20H25N3O6/c1-10(2)9-14(19(27)29-15(11(3)4)16(24)22-20(21)28)23-17(25)12-7-5-6-8-13(12)18(23)26/h5-8,10-11,14-15H,9H2,1-4H3,(H3,21,22,24,28)/t14-,15+/m1/s1. The molecule has 9 heteroatoms. The maximum absolute atomic E-state index is 12.9. The van der Waals surface area contributed by atoms with Crippen molar-refractivity contribution in [3.63, 3.8) is 0 Å². The summed E-state index contributed by atoms with van der Waals surface area (Å²) < 4.78 is 5.34. The zero-order valence-electron chi connectivity index (χ0n) is 16.8. The van der Waals surface area contributed by atoms with Crippen LogP contribution in [0.3, 0.4) is 0 Å². The van der Waals surface area contributed by atoms with E-state index in [-0.39, 0.29) is 23.5 Å². The van der Waals surface area contributed by atoms with Crippen molar-refractivity contribution in [1.82, 2.24) is 10.2 Å². The van der Waals surface area contributed by atoms with E-state index >= 15 is 0 Å². The van der Waals surface area contributed by atoms with Gasteiger partial charge in [0.2, 0.25) is 0 Å². The van der Waals surface area contributed by atoms with E-state index in [4.69, 9.17) is 10.5 Å². The highest BCUT2D eigenvalue weighted by atomic mass is 16.6. The average Bonchev–Trinajstić information content (AvgIpc) is 2.87. The molecule has 1 heterocycles. The third kappa shape index (κ3) is 4.79.